The van der Waals surface area contributed by atoms with E-state index in [1.807, 2.05) is 31.2 Å². The summed E-state index contributed by atoms with van der Waals surface area (Å²) in [4.78, 5) is 22.4. The minimum Gasteiger partial charge on any atom is -0.490 e. The lowest BCUT2D eigenvalue weighted by Gasteiger charge is -2.14. The van der Waals surface area contributed by atoms with Gasteiger partial charge in [0, 0.05) is 22.3 Å². The molecule has 3 aromatic rings. The molecule has 0 aliphatic heterocycles. The lowest BCUT2D eigenvalue weighted by molar-refractivity contribution is -0.384. The first-order chi connectivity index (χ1) is 16.9. The number of nitro benzene ring substituents is 1. The smallest absolute Gasteiger partial charge is 0.269 e. The number of hydrogen-bond donors (Lipinski definition) is 2. The van der Waals surface area contributed by atoms with Gasteiger partial charge in [-0.25, -0.2) is 5.43 Å². The van der Waals surface area contributed by atoms with Crippen molar-refractivity contribution in [2.75, 3.05) is 18.5 Å². The van der Waals surface area contributed by atoms with Crippen molar-refractivity contribution in [2.45, 2.75) is 13.5 Å². The summed E-state index contributed by atoms with van der Waals surface area (Å²) in [5.74, 6) is 0.690. The van der Waals surface area contributed by atoms with Crippen LogP contribution in [0.25, 0.3) is 0 Å². The molecule has 0 saturated carbocycles. The first-order valence-electron chi connectivity index (χ1n) is 10.5. The highest BCUT2D eigenvalue weighted by Crippen LogP contribution is 2.37. The van der Waals surface area contributed by atoms with E-state index in [2.05, 4.69) is 47.7 Å². The van der Waals surface area contributed by atoms with E-state index in [1.54, 1.807) is 24.3 Å². The molecule has 182 valence electrons. The SMILES string of the molecule is CCOc1cc(/C=N\NC(=O)CNc2ccc(Br)cc2)cc(Br)c1OCc1ccc([N+](=O)[O-])cc1. The number of halogens is 2. The number of carbonyl (C=O) groups excluding carboxylic acids is 1. The quantitative estimate of drug-likeness (QED) is 0.166. The molecule has 3 rings (SSSR count). The Morgan fingerprint density at radius 2 is 1.80 bits per heavy atom. The molecule has 0 bridgehead atoms. The fourth-order valence-corrected chi connectivity index (χ4v) is 3.74. The van der Waals surface area contributed by atoms with Crippen molar-refractivity contribution in [3.05, 3.63) is 90.9 Å². The average Bonchev–Trinajstić information content (AvgIpc) is 2.83. The van der Waals surface area contributed by atoms with Crippen LogP contribution in [0.15, 0.2) is 74.7 Å². The minimum absolute atomic E-state index is 0.0183. The van der Waals surface area contributed by atoms with Crippen LogP contribution in [0.5, 0.6) is 11.5 Å². The van der Waals surface area contributed by atoms with E-state index in [0.29, 0.717) is 28.1 Å². The minimum atomic E-state index is -0.448. The topological polar surface area (TPSA) is 115 Å². The van der Waals surface area contributed by atoms with Crippen molar-refractivity contribution >= 4 is 55.4 Å². The molecule has 2 N–H and O–H groups in total. The van der Waals surface area contributed by atoms with Crippen LogP contribution in [0.4, 0.5) is 11.4 Å². The normalized spacial score (nSPS) is 10.7. The van der Waals surface area contributed by atoms with Crippen LogP contribution >= 0.6 is 31.9 Å². The van der Waals surface area contributed by atoms with Crippen molar-refractivity contribution in [2.24, 2.45) is 5.10 Å². The number of hydrazone groups is 1. The Balaban J connectivity index is 1.60. The van der Waals surface area contributed by atoms with E-state index >= 15 is 0 Å². The number of anilines is 1. The number of amides is 1. The lowest BCUT2D eigenvalue weighted by atomic mass is 10.2. The van der Waals surface area contributed by atoms with Gasteiger partial charge in [-0.3, -0.25) is 14.9 Å². The van der Waals surface area contributed by atoms with Crippen LogP contribution in [0, 0.1) is 10.1 Å². The Kier molecular flexibility index (Phi) is 9.62. The maximum atomic E-state index is 12.1. The number of nitrogens with one attached hydrogen (secondary N) is 2. The maximum absolute atomic E-state index is 12.1. The third-order valence-electron chi connectivity index (χ3n) is 4.56. The van der Waals surface area contributed by atoms with Crippen LogP contribution in [0.2, 0.25) is 0 Å². The molecule has 0 atom stereocenters. The summed E-state index contributed by atoms with van der Waals surface area (Å²) < 4.78 is 13.2. The molecule has 35 heavy (non-hydrogen) atoms. The molecule has 1 amide bonds. The number of ether oxygens (including phenoxy) is 2. The van der Waals surface area contributed by atoms with E-state index in [1.165, 1.54) is 18.3 Å². The molecule has 0 saturated heterocycles. The van der Waals surface area contributed by atoms with Gasteiger partial charge >= 0.3 is 0 Å². The monoisotopic (exact) mass is 604 g/mol. The first-order valence-corrected chi connectivity index (χ1v) is 12.1. The standard InChI is InChI=1S/C24H22Br2N4O5/c1-2-34-22-12-17(13-28-29-23(31)14-27-19-7-5-18(25)6-8-19)11-21(26)24(22)35-15-16-3-9-20(10-4-16)30(32)33/h3-13,27H,2,14-15H2,1H3,(H,29,31)/b28-13-. The number of hydrogen-bond acceptors (Lipinski definition) is 7. The highest BCUT2D eigenvalue weighted by Gasteiger charge is 2.13. The molecule has 0 aromatic heterocycles. The highest BCUT2D eigenvalue weighted by molar-refractivity contribution is 9.10. The number of nitrogens with zero attached hydrogens (tertiary/aromatic N) is 2. The van der Waals surface area contributed by atoms with Gasteiger partial charge in [0.25, 0.3) is 11.6 Å². The number of carbonyl (C=O) groups is 1. The van der Waals surface area contributed by atoms with Crippen molar-refractivity contribution < 1.29 is 19.2 Å². The molecule has 0 aliphatic carbocycles. The Morgan fingerprint density at radius 1 is 1.09 bits per heavy atom. The summed E-state index contributed by atoms with van der Waals surface area (Å²) >= 11 is 6.86. The zero-order valence-electron chi connectivity index (χ0n) is 18.7. The van der Waals surface area contributed by atoms with E-state index in [9.17, 15) is 14.9 Å². The molecule has 0 radical (unpaired) electrons. The van der Waals surface area contributed by atoms with Gasteiger partial charge in [0.2, 0.25) is 0 Å². The van der Waals surface area contributed by atoms with Crippen molar-refractivity contribution in [1.29, 1.82) is 0 Å². The average molecular weight is 606 g/mol. The first kappa shape index (κ1) is 26.2. The Hall–Kier alpha value is -3.44. The molecule has 0 heterocycles. The Labute approximate surface area is 218 Å². The molecular formula is C24H22Br2N4O5. The summed E-state index contributed by atoms with van der Waals surface area (Å²) in [7, 11) is 0. The van der Waals surface area contributed by atoms with Gasteiger partial charge < -0.3 is 14.8 Å². The van der Waals surface area contributed by atoms with Gasteiger partial charge in [0.05, 0.1) is 28.8 Å². The van der Waals surface area contributed by atoms with Gasteiger partial charge in [0.15, 0.2) is 11.5 Å². The van der Waals surface area contributed by atoms with Crippen LogP contribution in [-0.2, 0) is 11.4 Å². The molecule has 11 heteroatoms. The van der Waals surface area contributed by atoms with Crippen LogP contribution in [0.3, 0.4) is 0 Å². The van der Waals surface area contributed by atoms with Gasteiger partial charge in [0.1, 0.15) is 6.61 Å². The van der Waals surface area contributed by atoms with E-state index in [4.69, 9.17) is 9.47 Å². The second-order valence-corrected chi connectivity index (χ2v) is 8.90. The molecule has 0 fully saturated rings. The maximum Gasteiger partial charge on any atom is 0.269 e. The van der Waals surface area contributed by atoms with E-state index in [0.717, 1.165) is 15.7 Å². The Bertz CT molecular complexity index is 1200. The van der Waals surface area contributed by atoms with Gasteiger partial charge in [-0.15, -0.1) is 0 Å². The summed E-state index contributed by atoms with van der Waals surface area (Å²) in [5.41, 5.74) is 4.78. The molecular weight excluding hydrogens is 584 g/mol. The van der Waals surface area contributed by atoms with Crippen molar-refractivity contribution in [3.8, 4) is 11.5 Å². The third-order valence-corrected chi connectivity index (χ3v) is 5.68. The largest absolute Gasteiger partial charge is 0.490 e. The van der Waals surface area contributed by atoms with Crippen molar-refractivity contribution in [3.63, 3.8) is 0 Å². The zero-order valence-corrected chi connectivity index (χ0v) is 21.8. The van der Waals surface area contributed by atoms with Crippen LogP contribution in [0.1, 0.15) is 18.1 Å². The van der Waals surface area contributed by atoms with Crippen LogP contribution < -0.4 is 20.2 Å². The molecule has 0 spiro atoms. The molecule has 9 nitrogen and oxygen atoms in total. The highest BCUT2D eigenvalue weighted by atomic mass is 79.9. The fourth-order valence-electron chi connectivity index (χ4n) is 2.90. The molecule has 0 aliphatic rings. The van der Waals surface area contributed by atoms with Crippen LogP contribution in [-0.4, -0.2) is 30.2 Å². The number of benzene rings is 3. The van der Waals surface area contributed by atoms with Gasteiger partial charge in [-0.05, 0) is 82.5 Å². The molecule has 0 unspecified atom stereocenters. The Morgan fingerprint density at radius 3 is 2.46 bits per heavy atom. The fraction of sp³-hybridized carbons (Fsp3) is 0.167. The predicted octanol–water partition coefficient (Wildman–Crippen LogP) is 5.66. The summed E-state index contributed by atoms with van der Waals surface area (Å²) in [6.07, 6.45) is 1.50. The van der Waals surface area contributed by atoms with E-state index < -0.39 is 4.92 Å². The summed E-state index contributed by atoms with van der Waals surface area (Å²) in [5, 5.41) is 17.8. The molecule has 3 aromatic carbocycles. The lowest BCUT2D eigenvalue weighted by Crippen LogP contribution is -2.25. The summed E-state index contributed by atoms with van der Waals surface area (Å²) in [6.45, 7) is 2.54. The second-order valence-electron chi connectivity index (χ2n) is 7.13. The van der Waals surface area contributed by atoms with Gasteiger partial charge in [-0.1, -0.05) is 15.9 Å². The number of nitro groups is 1. The summed E-state index contributed by atoms with van der Waals surface area (Å²) in [6, 6.07) is 17.1. The van der Waals surface area contributed by atoms with Gasteiger partial charge in [-0.2, -0.15) is 5.10 Å². The number of rotatable bonds is 11. The third kappa shape index (κ3) is 8.08. The van der Waals surface area contributed by atoms with E-state index in [-0.39, 0.29) is 24.7 Å². The second kappa shape index (κ2) is 12.9. The van der Waals surface area contributed by atoms with Crippen molar-refractivity contribution in [1.82, 2.24) is 5.43 Å². The number of non-ortho nitro benzene ring substituents is 1. The predicted molar refractivity (Wildman–Crippen MR) is 141 cm³/mol. The zero-order chi connectivity index (χ0) is 25.2.